The van der Waals surface area contributed by atoms with Crippen molar-refractivity contribution >= 4 is 0 Å². The van der Waals surface area contributed by atoms with Crippen molar-refractivity contribution in [1.82, 2.24) is 5.32 Å². The summed E-state index contributed by atoms with van der Waals surface area (Å²) in [7, 11) is 0. The normalized spacial score (nSPS) is 26.7. The summed E-state index contributed by atoms with van der Waals surface area (Å²) in [6.07, 6.45) is 2.66. The lowest BCUT2D eigenvalue weighted by atomic mass is 10.1. The molecule has 0 radical (unpaired) electrons. The average molecular weight is 145 g/mol. The number of aliphatic hydroxyl groups is 1. The minimum atomic E-state index is 0.135. The van der Waals surface area contributed by atoms with E-state index in [4.69, 9.17) is 9.84 Å². The Balaban J connectivity index is 2.02. The summed E-state index contributed by atoms with van der Waals surface area (Å²) in [6.45, 7) is 2.67. The maximum absolute atomic E-state index is 8.45. The van der Waals surface area contributed by atoms with Crippen molar-refractivity contribution in [3.63, 3.8) is 0 Å². The van der Waals surface area contributed by atoms with E-state index in [-0.39, 0.29) is 6.61 Å². The molecule has 0 bridgehead atoms. The molecule has 60 valence electrons. The van der Waals surface area contributed by atoms with Crippen molar-refractivity contribution in [2.45, 2.75) is 18.9 Å². The summed E-state index contributed by atoms with van der Waals surface area (Å²) in [5.74, 6) is 0. The van der Waals surface area contributed by atoms with Gasteiger partial charge in [-0.2, -0.15) is 0 Å². The summed E-state index contributed by atoms with van der Waals surface area (Å²) < 4.78 is 5.32. The van der Waals surface area contributed by atoms with Gasteiger partial charge < -0.3 is 15.2 Å². The van der Waals surface area contributed by atoms with E-state index < -0.39 is 0 Å². The van der Waals surface area contributed by atoms with Crippen LogP contribution >= 0.6 is 0 Å². The van der Waals surface area contributed by atoms with Crippen LogP contribution in [0.1, 0.15) is 12.8 Å². The minimum Gasteiger partial charge on any atom is -0.394 e. The van der Waals surface area contributed by atoms with Gasteiger partial charge in [-0.1, -0.05) is 0 Å². The molecule has 1 rings (SSSR count). The van der Waals surface area contributed by atoms with E-state index in [9.17, 15) is 0 Å². The molecule has 1 saturated heterocycles. The maximum atomic E-state index is 8.45. The van der Waals surface area contributed by atoms with Gasteiger partial charge in [0, 0.05) is 6.54 Å². The molecule has 1 aliphatic heterocycles. The molecule has 3 nitrogen and oxygen atoms in total. The second-order valence-corrected chi connectivity index (χ2v) is 2.56. The van der Waals surface area contributed by atoms with Crippen LogP contribution in [0.3, 0.4) is 0 Å². The zero-order valence-corrected chi connectivity index (χ0v) is 6.18. The van der Waals surface area contributed by atoms with Gasteiger partial charge in [-0.05, 0) is 19.4 Å². The first kappa shape index (κ1) is 7.98. The van der Waals surface area contributed by atoms with Crippen molar-refractivity contribution in [2.24, 2.45) is 0 Å². The molecule has 1 atom stereocenters. The second-order valence-electron chi connectivity index (χ2n) is 2.56. The zero-order valence-electron chi connectivity index (χ0n) is 6.18. The molecule has 10 heavy (non-hydrogen) atoms. The van der Waals surface area contributed by atoms with Crippen molar-refractivity contribution in [3.05, 3.63) is 0 Å². The van der Waals surface area contributed by atoms with Crippen molar-refractivity contribution in [1.29, 1.82) is 0 Å². The van der Waals surface area contributed by atoms with Crippen LogP contribution in [-0.2, 0) is 4.74 Å². The molecule has 1 aliphatic rings. The molecule has 1 heterocycles. The fourth-order valence-corrected chi connectivity index (χ4v) is 1.18. The first-order valence-corrected chi connectivity index (χ1v) is 3.86. The molecular formula is C7H15NO2. The van der Waals surface area contributed by atoms with Crippen LogP contribution in [0.25, 0.3) is 0 Å². The minimum absolute atomic E-state index is 0.135. The number of aliphatic hydroxyl groups excluding tert-OH is 1. The Bertz CT molecular complexity index is 81.7. The summed E-state index contributed by atoms with van der Waals surface area (Å²) in [5.41, 5.74) is 0. The summed E-state index contributed by atoms with van der Waals surface area (Å²) >= 11 is 0. The molecule has 0 aliphatic carbocycles. The van der Waals surface area contributed by atoms with E-state index in [1.54, 1.807) is 0 Å². The Labute approximate surface area is 61.4 Å². The highest BCUT2D eigenvalue weighted by atomic mass is 16.5. The Morgan fingerprint density at radius 3 is 3.10 bits per heavy atom. The standard InChI is InChI=1S/C7H15NO2/c9-4-5-10-7-2-1-3-8-6-7/h7-9H,1-6H2. The van der Waals surface area contributed by atoms with Gasteiger partial charge in [-0.15, -0.1) is 0 Å². The van der Waals surface area contributed by atoms with E-state index in [2.05, 4.69) is 5.32 Å². The number of hydrogen-bond acceptors (Lipinski definition) is 3. The molecule has 0 aromatic heterocycles. The van der Waals surface area contributed by atoms with Gasteiger partial charge in [0.05, 0.1) is 19.3 Å². The smallest absolute Gasteiger partial charge is 0.0702 e. The van der Waals surface area contributed by atoms with E-state index in [0.29, 0.717) is 12.7 Å². The Morgan fingerprint density at radius 1 is 1.60 bits per heavy atom. The van der Waals surface area contributed by atoms with Crippen LogP contribution in [0.2, 0.25) is 0 Å². The lowest BCUT2D eigenvalue weighted by Gasteiger charge is -2.22. The quantitative estimate of drug-likeness (QED) is 0.575. The van der Waals surface area contributed by atoms with Crippen LogP contribution in [0.4, 0.5) is 0 Å². The van der Waals surface area contributed by atoms with Gasteiger partial charge in [0.25, 0.3) is 0 Å². The molecule has 0 saturated carbocycles. The first-order valence-electron chi connectivity index (χ1n) is 3.86. The zero-order chi connectivity index (χ0) is 7.23. The summed E-state index contributed by atoms with van der Waals surface area (Å²) in [6, 6.07) is 0. The lowest BCUT2D eigenvalue weighted by Crippen LogP contribution is -2.35. The third kappa shape index (κ3) is 2.64. The molecular weight excluding hydrogens is 130 g/mol. The van der Waals surface area contributed by atoms with Crippen LogP contribution < -0.4 is 5.32 Å². The highest BCUT2D eigenvalue weighted by Crippen LogP contribution is 2.04. The predicted octanol–water partition coefficient (Wildman–Crippen LogP) is -0.253. The van der Waals surface area contributed by atoms with Gasteiger partial charge in [0.2, 0.25) is 0 Å². The Morgan fingerprint density at radius 2 is 2.50 bits per heavy atom. The first-order chi connectivity index (χ1) is 4.93. The monoisotopic (exact) mass is 145 g/mol. The molecule has 0 amide bonds. The number of piperidine rings is 1. The summed E-state index contributed by atoms with van der Waals surface area (Å²) in [4.78, 5) is 0. The van der Waals surface area contributed by atoms with Crippen molar-refractivity contribution in [2.75, 3.05) is 26.3 Å². The summed E-state index contributed by atoms with van der Waals surface area (Å²) in [5, 5.41) is 11.7. The molecule has 2 N–H and O–H groups in total. The topological polar surface area (TPSA) is 41.5 Å². The van der Waals surface area contributed by atoms with Crippen LogP contribution in [-0.4, -0.2) is 37.5 Å². The maximum Gasteiger partial charge on any atom is 0.0702 e. The van der Waals surface area contributed by atoms with Gasteiger partial charge in [0.1, 0.15) is 0 Å². The van der Waals surface area contributed by atoms with Crippen molar-refractivity contribution in [3.8, 4) is 0 Å². The van der Waals surface area contributed by atoms with E-state index in [0.717, 1.165) is 19.5 Å². The Kier molecular flexibility index (Phi) is 3.72. The van der Waals surface area contributed by atoms with Gasteiger partial charge in [-0.3, -0.25) is 0 Å². The highest BCUT2D eigenvalue weighted by Gasteiger charge is 2.11. The fraction of sp³-hybridized carbons (Fsp3) is 1.00. The molecule has 0 aromatic rings. The third-order valence-corrected chi connectivity index (χ3v) is 1.70. The van der Waals surface area contributed by atoms with Gasteiger partial charge >= 0.3 is 0 Å². The number of hydrogen-bond donors (Lipinski definition) is 2. The van der Waals surface area contributed by atoms with Gasteiger partial charge in [0.15, 0.2) is 0 Å². The largest absolute Gasteiger partial charge is 0.394 e. The predicted molar refractivity (Wildman–Crippen MR) is 38.9 cm³/mol. The van der Waals surface area contributed by atoms with Crippen LogP contribution in [0, 0.1) is 0 Å². The van der Waals surface area contributed by atoms with E-state index >= 15 is 0 Å². The van der Waals surface area contributed by atoms with E-state index in [1.165, 1.54) is 6.42 Å². The van der Waals surface area contributed by atoms with Crippen LogP contribution in [0.5, 0.6) is 0 Å². The van der Waals surface area contributed by atoms with Crippen molar-refractivity contribution < 1.29 is 9.84 Å². The number of ether oxygens (including phenoxy) is 1. The molecule has 3 heteroatoms. The average Bonchev–Trinajstić information content (AvgIpc) is 2.03. The van der Waals surface area contributed by atoms with Crippen LogP contribution in [0.15, 0.2) is 0 Å². The Hall–Kier alpha value is -0.120. The third-order valence-electron chi connectivity index (χ3n) is 1.70. The molecule has 0 spiro atoms. The number of nitrogens with one attached hydrogen (secondary N) is 1. The van der Waals surface area contributed by atoms with Gasteiger partial charge in [-0.25, -0.2) is 0 Å². The molecule has 1 unspecified atom stereocenters. The SMILES string of the molecule is OCCOC1CCCNC1. The fourth-order valence-electron chi connectivity index (χ4n) is 1.18. The lowest BCUT2D eigenvalue weighted by molar-refractivity contribution is 0.0161. The molecule has 0 aromatic carbocycles. The number of rotatable bonds is 3. The highest BCUT2D eigenvalue weighted by molar-refractivity contribution is 4.68. The second kappa shape index (κ2) is 4.66. The van der Waals surface area contributed by atoms with E-state index in [1.807, 2.05) is 0 Å². The molecule has 1 fully saturated rings.